The van der Waals surface area contributed by atoms with Crippen LogP contribution in [0.1, 0.15) is 23.7 Å². The Morgan fingerprint density at radius 2 is 1.92 bits per heavy atom. The second-order valence-corrected chi connectivity index (χ2v) is 10.2. The van der Waals surface area contributed by atoms with Crippen molar-refractivity contribution in [1.82, 2.24) is 14.9 Å². The Kier molecular flexibility index (Phi) is 7.59. The summed E-state index contributed by atoms with van der Waals surface area (Å²) in [5.74, 6) is 0.948. The number of alkyl halides is 1. The van der Waals surface area contributed by atoms with Gasteiger partial charge in [0, 0.05) is 53.8 Å². The first-order chi connectivity index (χ1) is 17.6. The molecule has 2 aromatic carbocycles. The molecule has 1 fully saturated rings. The molecule has 0 radical (unpaired) electrons. The number of hydrogen-bond donors (Lipinski definition) is 0. The molecule has 36 heavy (non-hydrogen) atoms. The van der Waals surface area contributed by atoms with Gasteiger partial charge in [0.1, 0.15) is 12.4 Å². The monoisotopic (exact) mass is 597 g/mol. The minimum Gasteiger partial charge on any atom is -0.463 e. The second kappa shape index (κ2) is 11.0. The lowest BCUT2D eigenvalue weighted by Gasteiger charge is -2.38. The van der Waals surface area contributed by atoms with Crippen molar-refractivity contribution in [3.8, 4) is 6.01 Å². The van der Waals surface area contributed by atoms with E-state index >= 15 is 0 Å². The summed E-state index contributed by atoms with van der Waals surface area (Å²) in [6.45, 7) is 10.8. The van der Waals surface area contributed by atoms with Crippen molar-refractivity contribution in [3.63, 3.8) is 0 Å². The van der Waals surface area contributed by atoms with Crippen LogP contribution in [0.15, 0.2) is 49.1 Å². The molecule has 3 aromatic rings. The third kappa shape index (κ3) is 5.00. The first kappa shape index (κ1) is 24.8. The Labute approximate surface area is 226 Å². The Bertz CT molecular complexity index is 1270. The molecule has 1 saturated heterocycles. The van der Waals surface area contributed by atoms with Gasteiger partial charge in [-0.15, -0.1) is 0 Å². The predicted molar refractivity (Wildman–Crippen MR) is 153 cm³/mol. The van der Waals surface area contributed by atoms with Crippen LogP contribution in [-0.4, -0.2) is 64.5 Å². The summed E-state index contributed by atoms with van der Waals surface area (Å²) in [5.41, 5.74) is 4.84. The maximum atomic E-state index is 12.1. The number of rotatable bonds is 7. The van der Waals surface area contributed by atoms with E-state index < -0.39 is 0 Å². The Balaban J connectivity index is 1.48. The quantitative estimate of drug-likeness (QED) is 0.229. The number of hydrogen-bond acceptors (Lipinski definition) is 6. The van der Waals surface area contributed by atoms with Gasteiger partial charge in [-0.1, -0.05) is 66.4 Å². The number of piperazine rings is 1. The van der Waals surface area contributed by atoms with Crippen LogP contribution in [0.2, 0.25) is 0 Å². The SMILES string of the molecule is C=CC(=O)N1CCN(c2nc(OCCI)nc3c2CCN(c2cc(CC)cc4ccccc24)C3)CC1. The van der Waals surface area contributed by atoms with Gasteiger partial charge in [-0.2, -0.15) is 9.97 Å². The maximum Gasteiger partial charge on any atom is 0.318 e. The molecule has 0 atom stereocenters. The molecular formula is C28H32IN5O2. The van der Waals surface area contributed by atoms with Crippen LogP contribution >= 0.6 is 22.6 Å². The van der Waals surface area contributed by atoms with E-state index in [4.69, 9.17) is 14.7 Å². The van der Waals surface area contributed by atoms with Gasteiger partial charge in [0.25, 0.3) is 0 Å². The second-order valence-electron chi connectivity index (χ2n) is 9.17. The molecule has 0 N–H and O–H groups in total. The van der Waals surface area contributed by atoms with Crippen molar-refractivity contribution < 1.29 is 9.53 Å². The maximum absolute atomic E-state index is 12.1. The van der Waals surface area contributed by atoms with E-state index in [2.05, 4.69) is 82.3 Å². The zero-order valence-electron chi connectivity index (χ0n) is 20.8. The average Bonchev–Trinajstić information content (AvgIpc) is 2.94. The summed E-state index contributed by atoms with van der Waals surface area (Å²) in [6.07, 6.45) is 3.26. The lowest BCUT2D eigenvalue weighted by atomic mass is 9.99. The highest BCUT2D eigenvalue weighted by Gasteiger charge is 2.29. The number of carbonyl (C=O) groups excluding carboxylic acids is 1. The molecule has 5 rings (SSSR count). The zero-order valence-corrected chi connectivity index (χ0v) is 22.9. The number of anilines is 2. The van der Waals surface area contributed by atoms with Gasteiger partial charge >= 0.3 is 6.01 Å². The van der Waals surface area contributed by atoms with Crippen LogP contribution in [0, 0.1) is 0 Å². The molecule has 0 spiro atoms. The lowest BCUT2D eigenvalue weighted by Crippen LogP contribution is -2.49. The van der Waals surface area contributed by atoms with E-state index in [0.29, 0.717) is 25.7 Å². The van der Waals surface area contributed by atoms with Gasteiger partial charge in [0.05, 0.1) is 12.2 Å². The van der Waals surface area contributed by atoms with Gasteiger partial charge in [-0.25, -0.2) is 0 Å². The normalized spacial score (nSPS) is 15.7. The topological polar surface area (TPSA) is 61.8 Å². The van der Waals surface area contributed by atoms with E-state index in [9.17, 15) is 4.79 Å². The molecule has 0 saturated carbocycles. The van der Waals surface area contributed by atoms with Crippen LogP contribution in [0.5, 0.6) is 6.01 Å². The lowest BCUT2D eigenvalue weighted by molar-refractivity contribution is -0.126. The van der Waals surface area contributed by atoms with E-state index in [1.54, 1.807) is 0 Å². The highest BCUT2D eigenvalue weighted by molar-refractivity contribution is 14.1. The summed E-state index contributed by atoms with van der Waals surface area (Å²) in [6, 6.07) is 13.7. The van der Waals surface area contributed by atoms with Crippen molar-refractivity contribution in [2.45, 2.75) is 26.3 Å². The standard InChI is InChI=1S/C28H32IN5O2/c1-3-20-17-21-7-5-6-8-22(21)25(18-20)34-11-9-23-24(19-34)30-28(36-16-10-29)31-27(23)33-14-12-32(13-15-33)26(35)4-2/h4-8,17-18H,2-3,9-16,19H2,1H3. The van der Waals surface area contributed by atoms with Crippen LogP contribution in [-0.2, 0) is 24.2 Å². The van der Waals surface area contributed by atoms with E-state index in [1.807, 2.05) is 4.90 Å². The minimum absolute atomic E-state index is 0.0115. The number of halogens is 1. The Morgan fingerprint density at radius 1 is 1.11 bits per heavy atom. The van der Waals surface area contributed by atoms with E-state index in [1.165, 1.54) is 33.7 Å². The molecule has 0 aliphatic carbocycles. The number of nitrogens with zero attached hydrogens (tertiary/aromatic N) is 5. The summed E-state index contributed by atoms with van der Waals surface area (Å²) in [7, 11) is 0. The highest BCUT2D eigenvalue weighted by Crippen LogP contribution is 2.35. The van der Waals surface area contributed by atoms with Gasteiger partial charge in [-0.3, -0.25) is 4.79 Å². The number of carbonyl (C=O) groups is 1. The van der Waals surface area contributed by atoms with Gasteiger partial charge in [0.2, 0.25) is 5.91 Å². The van der Waals surface area contributed by atoms with E-state index in [0.717, 1.165) is 55.0 Å². The molecule has 0 bridgehead atoms. The molecule has 7 nitrogen and oxygen atoms in total. The van der Waals surface area contributed by atoms with Crippen LogP contribution in [0.4, 0.5) is 11.5 Å². The van der Waals surface area contributed by atoms with Crippen LogP contribution in [0.3, 0.4) is 0 Å². The first-order valence-electron chi connectivity index (χ1n) is 12.6. The number of aryl methyl sites for hydroxylation is 1. The minimum atomic E-state index is -0.0115. The van der Waals surface area contributed by atoms with Gasteiger partial charge in [0.15, 0.2) is 0 Å². The highest BCUT2D eigenvalue weighted by atomic mass is 127. The molecular weight excluding hydrogens is 565 g/mol. The first-order valence-corrected chi connectivity index (χ1v) is 14.1. The third-order valence-electron chi connectivity index (χ3n) is 7.05. The fraction of sp³-hybridized carbons (Fsp3) is 0.393. The van der Waals surface area contributed by atoms with Crippen molar-refractivity contribution in [2.75, 3.05) is 53.6 Å². The zero-order chi connectivity index (χ0) is 25.1. The molecule has 2 aliphatic rings. The average molecular weight is 598 g/mol. The molecule has 3 heterocycles. The van der Waals surface area contributed by atoms with Crippen molar-refractivity contribution in [1.29, 1.82) is 0 Å². The molecule has 1 amide bonds. The largest absolute Gasteiger partial charge is 0.463 e. The summed E-state index contributed by atoms with van der Waals surface area (Å²) in [4.78, 5) is 28.4. The Hall–Kier alpha value is -2.88. The van der Waals surface area contributed by atoms with Crippen molar-refractivity contribution >= 4 is 50.8 Å². The summed E-state index contributed by atoms with van der Waals surface area (Å²) in [5, 5.41) is 2.55. The molecule has 0 unspecified atom stereocenters. The number of ether oxygens (including phenoxy) is 1. The molecule has 1 aromatic heterocycles. The van der Waals surface area contributed by atoms with Gasteiger partial charge < -0.3 is 19.4 Å². The fourth-order valence-electron chi connectivity index (χ4n) is 5.13. The summed E-state index contributed by atoms with van der Waals surface area (Å²) < 4.78 is 6.80. The number of amides is 1. The van der Waals surface area contributed by atoms with Gasteiger partial charge in [-0.05, 0) is 35.9 Å². The summed E-state index contributed by atoms with van der Waals surface area (Å²) >= 11 is 2.30. The van der Waals surface area contributed by atoms with Crippen molar-refractivity contribution in [3.05, 3.63) is 65.9 Å². The van der Waals surface area contributed by atoms with Crippen LogP contribution in [0.25, 0.3) is 10.8 Å². The predicted octanol–water partition coefficient (Wildman–Crippen LogP) is 4.40. The molecule has 2 aliphatic heterocycles. The van der Waals surface area contributed by atoms with E-state index in [-0.39, 0.29) is 5.91 Å². The molecule has 8 heteroatoms. The Morgan fingerprint density at radius 3 is 2.67 bits per heavy atom. The smallest absolute Gasteiger partial charge is 0.318 e. The number of benzene rings is 2. The van der Waals surface area contributed by atoms with Crippen molar-refractivity contribution in [2.24, 2.45) is 0 Å². The molecule has 188 valence electrons. The fourth-order valence-corrected chi connectivity index (χ4v) is 5.35. The number of aromatic nitrogens is 2. The number of fused-ring (bicyclic) bond motifs is 2. The van der Waals surface area contributed by atoms with Crippen LogP contribution < -0.4 is 14.5 Å². The third-order valence-corrected chi connectivity index (χ3v) is 7.49.